The molecular formula is C22H24ClN3O. The fourth-order valence-corrected chi connectivity index (χ4v) is 3.01. The Morgan fingerprint density at radius 2 is 1.85 bits per heavy atom. The molecule has 1 N–H and O–H groups in total. The van der Waals surface area contributed by atoms with E-state index < -0.39 is 0 Å². The number of aromatic nitrogens is 1. The minimum atomic E-state index is -0.0983. The first-order chi connectivity index (χ1) is 12.9. The molecule has 0 saturated heterocycles. The zero-order valence-electron chi connectivity index (χ0n) is 15.9. The molecule has 1 amide bonds. The Hall–Kier alpha value is -2.43. The summed E-state index contributed by atoms with van der Waals surface area (Å²) in [5.74, 6) is -0.0983. The van der Waals surface area contributed by atoms with E-state index in [0.717, 1.165) is 23.0 Å². The van der Waals surface area contributed by atoms with Gasteiger partial charge in [-0.1, -0.05) is 35.9 Å². The van der Waals surface area contributed by atoms with Crippen LogP contribution in [0.15, 0.2) is 54.6 Å². The van der Waals surface area contributed by atoms with Crippen LogP contribution in [-0.2, 0) is 13.1 Å². The van der Waals surface area contributed by atoms with Crippen molar-refractivity contribution in [3.05, 3.63) is 76.4 Å². The summed E-state index contributed by atoms with van der Waals surface area (Å²) in [5.41, 5.74) is 3.75. The topological polar surface area (TPSA) is 45.2 Å². The third kappa shape index (κ3) is 4.85. The standard InChI is InChI=1S/C22H24ClN3O/c1-15(2)26(3)14-19-7-5-4-6-18(19)13-24-22(27)17-8-10-20-16(12-17)9-11-21(23)25-20/h4-12,15H,13-14H2,1-3H3,(H,24,27). The van der Waals surface area contributed by atoms with Crippen molar-refractivity contribution >= 4 is 28.4 Å². The third-order valence-corrected chi connectivity index (χ3v) is 4.99. The number of amides is 1. The van der Waals surface area contributed by atoms with Crippen LogP contribution < -0.4 is 5.32 Å². The number of carbonyl (C=O) groups excluding carboxylic acids is 1. The van der Waals surface area contributed by atoms with Gasteiger partial charge in [-0.05, 0) is 62.4 Å². The Kier molecular flexibility index (Phi) is 6.09. The fraction of sp³-hybridized carbons (Fsp3) is 0.273. The molecular weight excluding hydrogens is 358 g/mol. The van der Waals surface area contributed by atoms with Gasteiger partial charge in [0.1, 0.15) is 5.15 Å². The second-order valence-corrected chi connectivity index (χ2v) is 7.39. The first-order valence-corrected chi connectivity index (χ1v) is 9.43. The van der Waals surface area contributed by atoms with Gasteiger partial charge < -0.3 is 5.32 Å². The molecule has 5 heteroatoms. The Morgan fingerprint density at radius 1 is 1.11 bits per heavy atom. The minimum absolute atomic E-state index is 0.0983. The lowest BCUT2D eigenvalue weighted by Gasteiger charge is -2.22. The Bertz CT molecular complexity index is 955. The van der Waals surface area contributed by atoms with Crippen molar-refractivity contribution in [2.75, 3.05) is 7.05 Å². The molecule has 1 aromatic heterocycles. The molecule has 0 unspecified atom stereocenters. The summed E-state index contributed by atoms with van der Waals surface area (Å²) in [4.78, 5) is 19.1. The summed E-state index contributed by atoms with van der Waals surface area (Å²) in [6.45, 7) is 5.70. The number of carbonyl (C=O) groups is 1. The zero-order valence-corrected chi connectivity index (χ0v) is 16.6. The predicted molar refractivity (Wildman–Crippen MR) is 111 cm³/mol. The molecule has 0 bridgehead atoms. The lowest BCUT2D eigenvalue weighted by atomic mass is 10.1. The number of nitrogens with zero attached hydrogens (tertiary/aromatic N) is 2. The number of hydrogen-bond acceptors (Lipinski definition) is 3. The highest BCUT2D eigenvalue weighted by Crippen LogP contribution is 2.18. The van der Waals surface area contributed by atoms with Crippen LogP contribution in [0.2, 0.25) is 5.15 Å². The number of pyridine rings is 1. The molecule has 0 atom stereocenters. The fourth-order valence-electron chi connectivity index (χ4n) is 2.85. The molecule has 2 aromatic carbocycles. The summed E-state index contributed by atoms with van der Waals surface area (Å²) in [6.07, 6.45) is 0. The average molecular weight is 382 g/mol. The second kappa shape index (κ2) is 8.51. The summed E-state index contributed by atoms with van der Waals surface area (Å²) in [6, 6.07) is 17.7. The monoisotopic (exact) mass is 381 g/mol. The van der Waals surface area contributed by atoms with Gasteiger partial charge in [-0.3, -0.25) is 9.69 Å². The van der Waals surface area contributed by atoms with Gasteiger partial charge >= 0.3 is 0 Å². The van der Waals surface area contributed by atoms with Crippen LogP contribution in [0.1, 0.15) is 35.3 Å². The van der Waals surface area contributed by atoms with E-state index in [0.29, 0.717) is 23.3 Å². The van der Waals surface area contributed by atoms with Crippen LogP contribution in [0.3, 0.4) is 0 Å². The van der Waals surface area contributed by atoms with Crippen LogP contribution in [0, 0.1) is 0 Å². The zero-order chi connectivity index (χ0) is 19.4. The number of hydrogen-bond donors (Lipinski definition) is 1. The number of nitrogens with one attached hydrogen (secondary N) is 1. The molecule has 4 nitrogen and oxygen atoms in total. The van der Waals surface area contributed by atoms with Crippen molar-refractivity contribution in [1.29, 1.82) is 0 Å². The molecule has 3 rings (SSSR count). The molecule has 140 valence electrons. The lowest BCUT2D eigenvalue weighted by molar-refractivity contribution is 0.0951. The van der Waals surface area contributed by atoms with Crippen LogP contribution in [0.25, 0.3) is 10.9 Å². The maximum Gasteiger partial charge on any atom is 0.251 e. The molecule has 0 spiro atoms. The highest BCUT2D eigenvalue weighted by atomic mass is 35.5. The number of halogens is 1. The molecule has 0 aliphatic carbocycles. The molecule has 27 heavy (non-hydrogen) atoms. The molecule has 3 aromatic rings. The van der Waals surface area contributed by atoms with Gasteiger partial charge in [0.2, 0.25) is 0 Å². The maximum atomic E-state index is 12.6. The minimum Gasteiger partial charge on any atom is -0.348 e. The van der Waals surface area contributed by atoms with E-state index in [1.54, 1.807) is 12.1 Å². The number of rotatable bonds is 6. The van der Waals surface area contributed by atoms with Crippen LogP contribution in [0.4, 0.5) is 0 Å². The van der Waals surface area contributed by atoms with Crippen molar-refractivity contribution in [3.63, 3.8) is 0 Å². The Morgan fingerprint density at radius 3 is 2.59 bits per heavy atom. The smallest absolute Gasteiger partial charge is 0.251 e. The van der Waals surface area contributed by atoms with E-state index in [1.807, 2.05) is 30.3 Å². The second-order valence-electron chi connectivity index (χ2n) is 7.00. The van der Waals surface area contributed by atoms with Crippen molar-refractivity contribution in [2.24, 2.45) is 0 Å². The van der Waals surface area contributed by atoms with Crippen LogP contribution in [0.5, 0.6) is 0 Å². The van der Waals surface area contributed by atoms with Gasteiger partial charge in [0.25, 0.3) is 5.91 Å². The van der Waals surface area contributed by atoms with Gasteiger partial charge in [-0.2, -0.15) is 0 Å². The van der Waals surface area contributed by atoms with E-state index in [4.69, 9.17) is 11.6 Å². The molecule has 0 aliphatic heterocycles. The number of benzene rings is 2. The maximum absolute atomic E-state index is 12.6. The van der Waals surface area contributed by atoms with Crippen LogP contribution >= 0.6 is 11.6 Å². The number of fused-ring (bicyclic) bond motifs is 1. The Labute approximate surface area is 165 Å². The first-order valence-electron chi connectivity index (χ1n) is 9.05. The molecule has 1 heterocycles. The summed E-state index contributed by atoms with van der Waals surface area (Å²) in [7, 11) is 2.11. The van der Waals surface area contributed by atoms with Gasteiger partial charge in [0, 0.05) is 30.1 Å². The molecule has 0 radical (unpaired) electrons. The average Bonchev–Trinajstić information content (AvgIpc) is 2.66. The summed E-state index contributed by atoms with van der Waals surface area (Å²) < 4.78 is 0. The third-order valence-electron chi connectivity index (χ3n) is 4.78. The molecule has 0 aliphatic rings. The summed E-state index contributed by atoms with van der Waals surface area (Å²) in [5, 5.41) is 4.37. The van der Waals surface area contributed by atoms with Gasteiger partial charge in [0.15, 0.2) is 0 Å². The van der Waals surface area contributed by atoms with Gasteiger partial charge in [-0.15, -0.1) is 0 Å². The quantitative estimate of drug-likeness (QED) is 0.631. The van der Waals surface area contributed by atoms with E-state index in [9.17, 15) is 4.79 Å². The van der Waals surface area contributed by atoms with Crippen LogP contribution in [-0.4, -0.2) is 28.9 Å². The van der Waals surface area contributed by atoms with Gasteiger partial charge in [-0.25, -0.2) is 4.98 Å². The Balaban J connectivity index is 1.72. The van der Waals surface area contributed by atoms with E-state index in [-0.39, 0.29) is 5.91 Å². The largest absolute Gasteiger partial charge is 0.348 e. The summed E-state index contributed by atoms with van der Waals surface area (Å²) >= 11 is 5.91. The lowest BCUT2D eigenvalue weighted by Crippen LogP contribution is -2.27. The molecule has 0 saturated carbocycles. The van der Waals surface area contributed by atoms with Crippen molar-refractivity contribution in [1.82, 2.24) is 15.2 Å². The van der Waals surface area contributed by atoms with Gasteiger partial charge in [0.05, 0.1) is 5.52 Å². The predicted octanol–water partition coefficient (Wildman–Crippen LogP) is 4.66. The molecule has 0 fully saturated rings. The highest BCUT2D eigenvalue weighted by molar-refractivity contribution is 6.29. The highest BCUT2D eigenvalue weighted by Gasteiger charge is 2.11. The normalized spacial score (nSPS) is 11.3. The van der Waals surface area contributed by atoms with Crippen molar-refractivity contribution in [3.8, 4) is 0 Å². The van der Waals surface area contributed by atoms with E-state index in [2.05, 4.69) is 48.2 Å². The first kappa shape index (κ1) is 19.3. The van der Waals surface area contributed by atoms with E-state index in [1.165, 1.54) is 5.56 Å². The van der Waals surface area contributed by atoms with Crippen molar-refractivity contribution < 1.29 is 4.79 Å². The SMILES string of the molecule is CC(C)N(C)Cc1ccccc1CNC(=O)c1ccc2nc(Cl)ccc2c1. The van der Waals surface area contributed by atoms with Crippen molar-refractivity contribution in [2.45, 2.75) is 33.0 Å². The van der Waals surface area contributed by atoms with E-state index >= 15 is 0 Å².